The van der Waals surface area contributed by atoms with Crippen molar-refractivity contribution in [3.05, 3.63) is 53.8 Å². The lowest BCUT2D eigenvalue weighted by Gasteiger charge is -2.29. The Kier molecular flexibility index (Phi) is 6.21. The summed E-state index contributed by atoms with van der Waals surface area (Å²) in [5.41, 5.74) is 1.77. The summed E-state index contributed by atoms with van der Waals surface area (Å²) in [6, 6.07) is 11.7. The Bertz CT molecular complexity index is 881. The van der Waals surface area contributed by atoms with Crippen molar-refractivity contribution < 1.29 is 17.5 Å². The monoisotopic (exact) mass is 392 g/mol. The van der Waals surface area contributed by atoms with E-state index >= 15 is 0 Å². The summed E-state index contributed by atoms with van der Waals surface area (Å²) < 4.78 is 46.7. The lowest BCUT2D eigenvalue weighted by atomic mass is 10.1. The van der Waals surface area contributed by atoms with Crippen molar-refractivity contribution in [3.63, 3.8) is 0 Å². The van der Waals surface area contributed by atoms with Crippen molar-refractivity contribution in [1.29, 1.82) is 0 Å². The van der Waals surface area contributed by atoms with E-state index in [2.05, 4.69) is 9.62 Å². The summed E-state index contributed by atoms with van der Waals surface area (Å²) >= 11 is 0. The number of rotatable bonds is 7. The molecule has 7 heteroatoms. The average Bonchev–Trinajstić information content (AvgIpc) is 2.68. The highest BCUT2D eigenvalue weighted by Gasteiger charge is 2.18. The highest BCUT2D eigenvalue weighted by molar-refractivity contribution is 7.92. The molecule has 1 heterocycles. The number of aryl methyl sites for hydroxylation is 1. The second kappa shape index (κ2) is 8.61. The van der Waals surface area contributed by atoms with Gasteiger partial charge < -0.3 is 9.64 Å². The van der Waals surface area contributed by atoms with Gasteiger partial charge in [-0.15, -0.1) is 0 Å². The first-order valence-electron chi connectivity index (χ1n) is 9.15. The minimum absolute atomic E-state index is 0.107. The van der Waals surface area contributed by atoms with Gasteiger partial charge in [-0.05, 0) is 55.5 Å². The van der Waals surface area contributed by atoms with Crippen molar-refractivity contribution in [1.82, 2.24) is 0 Å². The van der Waals surface area contributed by atoms with Crippen molar-refractivity contribution >= 4 is 21.4 Å². The Morgan fingerprint density at radius 3 is 2.56 bits per heavy atom. The average molecular weight is 392 g/mol. The number of anilines is 2. The topological polar surface area (TPSA) is 58.6 Å². The standard InChI is InChI=1S/C20H25FN2O3S/c1-26-20-10-9-17(23-12-5-2-6-13-23)15-19(20)22-27(24,25)14-11-16-7-3-4-8-18(16)21/h3-4,7-10,15,22H,2,5-6,11-14H2,1H3. The minimum atomic E-state index is -3.64. The number of benzene rings is 2. The van der Waals surface area contributed by atoms with Gasteiger partial charge in [-0.1, -0.05) is 18.2 Å². The number of ether oxygens (including phenoxy) is 1. The van der Waals surface area contributed by atoms with E-state index in [1.165, 1.54) is 19.6 Å². The number of nitrogens with zero attached hydrogens (tertiary/aromatic N) is 1. The lowest BCUT2D eigenvalue weighted by molar-refractivity contribution is 0.417. The van der Waals surface area contributed by atoms with E-state index in [1.54, 1.807) is 24.3 Å². The molecule has 2 aromatic carbocycles. The van der Waals surface area contributed by atoms with Gasteiger partial charge in [-0.2, -0.15) is 0 Å². The third kappa shape index (κ3) is 5.13. The maximum Gasteiger partial charge on any atom is 0.233 e. The fourth-order valence-corrected chi connectivity index (χ4v) is 4.37. The van der Waals surface area contributed by atoms with E-state index in [4.69, 9.17) is 4.74 Å². The third-order valence-corrected chi connectivity index (χ3v) is 6.04. The molecule has 0 spiro atoms. The molecule has 27 heavy (non-hydrogen) atoms. The van der Waals surface area contributed by atoms with Crippen molar-refractivity contribution in [2.45, 2.75) is 25.7 Å². The number of piperidine rings is 1. The second-order valence-electron chi connectivity index (χ2n) is 6.69. The number of halogens is 1. The van der Waals surface area contributed by atoms with Crippen molar-refractivity contribution in [2.75, 3.05) is 35.6 Å². The van der Waals surface area contributed by atoms with E-state index in [1.807, 2.05) is 12.1 Å². The molecule has 1 N–H and O–H groups in total. The van der Waals surface area contributed by atoms with E-state index in [0.717, 1.165) is 31.6 Å². The summed E-state index contributed by atoms with van der Waals surface area (Å²) in [7, 11) is -2.14. The molecule has 2 aromatic rings. The number of hydrogen-bond acceptors (Lipinski definition) is 4. The van der Waals surface area contributed by atoms with Gasteiger partial charge in [0.15, 0.2) is 0 Å². The molecular weight excluding hydrogens is 367 g/mol. The van der Waals surface area contributed by atoms with Gasteiger partial charge in [-0.25, -0.2) is 12.8 Å². The highest BCUT2D eigenvalue weighted by Crippen LogP contribution is 2.31. The molecule has 0 aromatic heterocycles. The van der Waals surface area contributed by atoms with Crippen LogP contribution in [0.2, 0.25) is 0 Å². The van der Waals surface area contributed by atoms with E-state index < -0.39 is 15.8 Å². The Morgan fingerprint density at radius 2 is 1.85 bits per heavy atom. The Morgan fingerprint density at radius 1 is 1.11 bits per heavy atom. The van der Waals surface area contributed by atoms with Crippen LogP contribution < -0.4 is 14.4 Å². The Labute approximate surface area is 160 Å². The highest BCUT2D eigenvalue weighted by atomic mass is 32.2. The summed E-state index contributed by atoms with van der Waals surface area (Å²) in [5, 5.41) is 0. The Balaban J connectivity index is 1.75. The van der Waals surface area contributed by atoms with Gasteiger partial charge in [-0.3, -0.25) is 4.72 Å². The normalized spacial score (nSPS) is 14.8. The first-order chi connectivity index (χ1) is 13.0. The van der Waals surface area contributed by atoms with Crippen LogP contribution >= 0.6 is 0 Å². The molecule has 0 aliphatic carbocycles. The number of nitrogens with one attached hydrogen (secondary N) is 1. The van der Waals surface area contributed by atoms with Crippen LogP contribution in [0, 0.1) is 5.82 Å². The molecule has 3 rings (SSSR count). The molecule has 146 valence electrons. The summed E-state index contributed by atoms with van der Waals surface area (Å²) in [4.78, 5) is 2.25. The number of methoxy groups -OCH3 is 1. The van der Waals surface area contributed by atoms with Crippen LogP contribution in [0.25, 0.3) is 0 Å². The molecule has 0 bridgehead atoms. The van der Waals surface area contributed by atoms with Gasteiger partial charge in [0.25, 0.3) is 0 Å². The SMILES string of the molecule is COc1ccc(N2CCCCC2)cc1NS(=O)(=O)CCc1ccccc1F. The summed E-state index contributed by atoms with van der Waals surface area (Å²) in [6.07, 6.45) is 3.60. The molecule has 1 saturated heterocycles. The molecule has 0 atom stereocenters. The molecule has 0 saturated carbocycles. The van der Waals surface area contributed by atoms with Gasteiger partial charge in [0.2, 0.25) is 10.0 Å². The minimum Gasteiger partial charge on any atom is -0.495 e. The second-order valence-corrected chi connectivity index (χ2v) is 8.54. The number of hydrogen-bond donors (Lipinski definition) is 1. The van der Waals surface area contributed by atoms with Gasteiger partial charge in [0, 0.05) is 18.8 Å². The van der Waals surface area contributed by atoms with Crippen LogP contribution in [0.3, 0.4) is 0 Å². The summed E-state index contributed by atoms with van der Waals surface area (Å²) in [5.74, 6) is -0.131. The maximum atomic E-state index is 13.7. The van der Waals surface area contributed by atoms with Gasteiger partial charge in [0.1, 0.15) is 11.6 Å². The molecule has 5 nitrogen and oxygen atoms in total. The quantitative estimate of drug-likeness (QED) is 0.778. The Hall–Kier alpha value is -2.28. The molecule has 0 unspecified atom stereocenters. The third-order valence-electron chi connectivity index (χ3n) is 4.77. The molecule has 0 radical (unpaired) electrons. The largest absolute Gasteiger partial charge is 0.495 e. The van der Waals surface area contributed by atoms with Crippen LogP contribution in [0.15, 0.2) is 42.5 Å². The van der Waals surface area contributed by atoms with Gasteiger partial charge in [0.05, 0.1) is 18.6 Å². The lowest BCUT2D eigenvalue weighted by Crippen LogP contribution is -2.29. The number of sulfonamides is 1. The van der Waals surface area contributed by atoms with Crippen LogP contribution in [-0.4, -0.2) is 34.4 Å². The fraction of sp³-hybridized carbons (Fsp3) is 0.400. The zero-order valence-corrected chi connectivity index (χ0v) is 16.3. The van der Waals surface area contributed by atoms with E-state index in [0.29, 0.717) is 17.0 Å². The van der Waals surface area contributed by atoms with Crippen LogP contribution in [-0.2, 0) is 16.4 Å². The van der Waals surface area contributed by atoms with Crippen LogP contribution in [0.5, 0.6) is 5.75 Å². The van der Waals surface area contributed by atoms with Crippen molar-refractivity contribution in [2.24, 2.45) is 0 Å². The molecule has 0 amide bonds. The zero-order valence-electron chi connectivity index (χ0n) is 15.4. The fourth-order valence-electron chi connectivity index (χ4n) is 3.29. The molecule has 1 aliphatic heterocycles. The zero-order chi connectivity index (χ0) is 19.3. The smallest absolute Gasteiger partial charge is 0.233 e. The van der Waals surface area contributed by atoms with E-state index in [9.17, 15) is 12.8 Å². The summed E-state index contributed by atoms with van der Waals surface area (Å²) in [6.45, 7) is 1.93. The predicted octanol–water partition coefficient (Wildman–Crippen LogP) is 3.81. The first-order valence-corrected chi connectivity index (χ1v) is 10.8. The van der Waals surface area contributed by atoms with Crippen LogP contribution in [0.1, 0.15) is 24.8 Å². The van der Waals surface area contributed by atoms with Crippen LogP contribution in [0.4, 0.5) is 15.8 Å². The van der Waals surface area contributed by atoms with Gasteiger partial charge >= 0.3 is 0 Å². The molecular formula is C20H25FN2O3S. The predicted molar refractivity (Wildman–Crippen MR) is 107 cm³/mol. The first kappa shape index (κ1) is 19.5. The maximum absolute atomic E-state index is 13.7. The van der Waals surface area contributed by atoms with E-state index in [-0.39, 0.29) is 12.2 Å². The van der Waals surface area contributed by atoms with Crippen molar-refractivity contribution in [3.8, 4) is 5.75 Å². The molecule has 1 fully saturated rings. The molecule has 1 aliphatic rings.